The number of piperazine rings is 1. The Morgan fingerprint density at radius 1 is 1.19 bits per heavy atom. The van der Waals surface area contributed by atoms with E-state index < -0.39 is 0 Å². The summed E-state index contributed by atoms with van der Waals surface area (Å²) in [6, 6.07) is 16.3. The number of rotatable bonds is 4. The second kappa shape index (κ2) is 9.18. The molecule has 0 aliphatic carbocycles. The largest absolute Gasteiger partial charge is 0.381 e. The summed E-state index contributed by atoms with van der Waals surface area (Å²) in [6.45, 7) is 6.49. The Morgan fingerprint density at radius 2 is 2.05 bits per heavy atom. The summed E-state index contributed by atoms with van der Waals surface area (Å²) < 4.78 is 15.4. The number of H-pyrrole nitrogens is 1. The first-order valence-electron chi connectivity index (χ1n) is 12.7. The highest BCUT2D eigenvalue weighted by Crippen LogP contribution is 2.39. The van der Waals surface area contributed by atoms with Gasteiger partial charge in [-0.25, -0.2) is 4.39 Å². The van der Waals surface area contributed by atoms with E-state index in [1.54, 1.807) is 12.1 Å². The molecule has 3 aromatic carbocycles. The van der Waals surface area contributed by atoms with Crippen molar-refractivity contribution in [2.45, 2.75) is 19.5 Å². The lowest BCUT2D eigenvalue weighted by Crippen LogP contribution is -2.56. The van der Waals surface area contributed by atoms with Crippen molar-refractivity contribution in [3.05, 3.63) is 65.0 Å². The Kier molecular flexibility index (Phi) is 5.82. The van der Waals surface area contributed by atoms with Gasteiger partial charge >= 0.3 is 0 Å². The highest BCUT2D eigenvalue weighted by molar-refractivity contribution is 5.98. The van der Waals surface area contributed by atoms with Gasteiger partial charge in [0.2, 0.25) is 0 Å². The monoisotopic (exact) mass is 495 g/mol. The maximum atomic E-state index is 15.4. The minimum Gasteiger partial charge on any atom is -0.381 e. The molecule has 1 unspecified atom stereocenters. The number of anilines is 2. The summed E-state index contributed by atoms with van der Waals surface area (Å²) in [6.07, 6.45) is 0. The van der Waals surface area contributed by atoms with Crippen LogP contribution in [0.25, 0.3) is 33.3 Å². The summed E-state index contributed by atoms with van der Waals surface area (Å²) >= 11 is 0. The molecular weight excluding hydrogens is 465 g/mol. The van der Waals surface area contributed by atoms with E-state index in [0.29, 0.717) is 29.3 Å². The van der Waals surface area contributed by atoms with Crippen molar-refractivity contribution in [3.8, 4) is 28.5 Å². The maximum Gasteiger partial charge on any atom is 0.131 e. The van der Waals surface area contributed by atoms with Crippen molar-refractivity contribution in [2.75, 3.05) is 50.5 Å². The Morgan fingerprint density at radius 3 is 2.84 bits per heavy atom. The number of aromatic amines is 1. The summed E-state index contributed by atoms with van der Waals surface area (Å²) in [7, 11) is 4.01. The second-order valence-electron chi connectivity index (χ2n) is 10.1. The SMILES string of the molecule is CNCc1cc(C)c(-c2cc3c(-c4ccc5c(c4)NCC4CN(C)CCN54)n[nH]c3cc2C#N)c(F)c1. The third-order valence-electron chi connectivity index (χ3n) is 7.61. The minimum absolute atomic E-state index is 0.328. The molecule has 2 aliphatic heterocycles. The average molecular weight is 496 g/mol. The Labute approximate surface area is 215 Å². The van der Waals surface area contributed by atoms with Crippen molar-refractivity contribution in [1.82, 2.24) is 20.4 Å². The Bertz CT molecular complexity index is 1530. The van der Waals surface area contributed by atoms with Gasteiger partial charge in [-0.15, -0.1) is 0 Å². The molecule has 0 radical (unpaired) electrons. The molecule has 0 spiro atoms. The van der Waals surface area contributed by atoms with Gasteiger partial charge in [-0.2, -0.15) is 10.4 Å². The highest BCUT2D eigenvalue weighted by atomic mass is 19.1. The van der Waals surface area contributed by atoms with E-state index in [1.165, 1.54) is 5.69 Å². The number of aryl methyl sites for hydroxylation is 1. The zero-order chi connectivity index (χ0) is 25.7. The number of nitriles is 1. The zero-order valence-corrected chi connectivity index (χ0v) is 21.3. The molecule has 6 rings (SSSR count). The predicted molar refractivity (Wildman–Crippen MR) is 146 cm³/mol. The van der Waals surface area contributed by atoms with Crippen LogP contribution in [0.1, 0.15) is 16.7 Å². The lowest BCUT2D eigenvalue weighted by Gasteiger charge is -2.45. The Hall–Kier alpha value is -3.93. The number of halogens is 1. The van der Waals surface area contributed by atoms with Gasteiger partial charge in [0, 0.05) is 54.8 Å². The van der Waals surface area contributed by atoms with E-state index >= 15 is 4.39 Å². The smallest absolute Gasteiger partial charge is 0.131 e. The van der Waals surface area contributed by atoms with Crippen molar-refractivity contribution < 1.29 is 4.39 Å². The van der Waals surface area contributed by atoms with Gasteiger partial charge < -0.3 is 20.4 Å². The number of fused-ring (bicyclic) bond motifs is 4. The van der Waals surface area contributed by atoms with Gasteiger partial charge in [-0.05, 0) is 62.5 Å². The number of benzene rings is 3. The van der Waals surface area contributed by atoms with Gasteiger partial charge in [0.15, 0.2) is 0 Å². The molecule has 1 atom stereocenters. The van der Waals surface area contributed by atoms with E-state index in [-0.39, 0.29) is 5.82 Å². The fourth-order valence-electron chi connectivity index (χ4n) is 5.85. The molecule has 3 N–H and O–H groups in total. The van der Waals surface area contributed by atoms with Crippen LogP contribution >= 0.6 is 0 Å². The molecule has 8 heteroatoms. The fraction of sp³-hybridized carbons (Fsp3) is 0.310. The van der Waals surface area contributed by atoms with E-state index in [0.717, 1.165) is 65.2 Å². The van der Waals surface area contributed by atoms with Crippen LogP contribution in [0.2, 0.25) is 0 Å². The molecule has 0 bridgehead atoms. The Balaban J connectivity index is 1.44. The third-order valence-corrected chi connectivity index (χ3v) is 7.61. The lowest BCUT2D eigenvalue weighted by atomic mass is 9.92. The molecule has 188 valence electrons. The van der Waals surface area contributed by atoms with Crippen LogP contribution in [0.15, 0.2) is 42.5 Å². The van der Waals surface area contributed by atoms with Gasteiger partial charge in [-0.1, -0.05) is 12.1 Å². The molecular formula is C29H30FN7. The lowest BCUT2D eigenvalue weighted by molar-refractivity contribution is 0.270. The van der Waals surface area contributed by atoms with Crippen LogP contribution in [0, 0.1) is 24.1 Å². The molecule has 7 nitrogen and oxygen atoms in total. The summed E-state index contributed by atoms with van der Waals surface area (Å²) in [5, 5.41) is 25.1. The van der Waals surface area contributed by atoms with Crippen LogP contribution in [-0.2, 0) is 6.54 Å². The van der Waals surface area contributed by atoms with Gasteiger partial charge in [0.05, 0.1) is 40.3 Å². The van der Waals surface area contributed by atoms with Crippen LogP contribution < -0.4 is 15.5 Å². The fourth-order valence-corrected chi connectivity index (χ4v) is 5.85. The number of nitrogens with zero attached hydrogens (tertiary/aromatic N) is 4. The first-order chi connectivity index (χ1) is 18.0. The quantitative estimate of drug-likeness (QED) is 0.387. The van der Waals surface area contributed by atoms with Crippen LogP contribution in [0.3, 0.4) is 0 Å². The number of aromatic nitrogens is 2. The van der Waals surface area contributed by atoms with Crippen LogP contribution in [0.4, 0.5) is 15.8 Å². The molecule has 3 heterocycles. The van der Waals surface area contributed by atoms with Crippen molar-refractivity contribution in [2.24, 2.45) is 0 Å². The predicted octanol–water partition coefficient (Wildman–Crippen LogP) is 4.48. The van der Waals surface area contributed by atoms with Gasteiger partial charge in [0.1, 0.15) is 5.82 Å². The number of likely N-dealkylation sites (N-methyl/N-ethyl adjacent to an activating group) is 1. The van der Waals surface area contributed by atoms with E-state index in [4.69, 9.17) is 0 Å². The van der Waals surface area contributed by atoms with Gasteiger partial charge in [0.25, 0.3) is 0 Å². The molecule has 1 fully saturated rings. The topological polar surface area (TPSA) is 83.0 Å². The minimum atomic E-state index is -0.328. The standard InChI is InChI=1S/C29H30FN7/c1-17-8-18(14-32-2)9-24(30)28(17)22-12-23-25(11-20(22)13-31)34-35-29(23)19-4-5-27-26(10-19)33-15-21-16-36(3)6-7-37(21)27/h4-5,8-12,21,32-33H,6-7,14-16H2,1-3H3,(H,34,35). The van der Waals surface area contributed by atoms with E-state index in [1.807, 2.05) is 26.1 Å². The molecule has 1 saturated heterocycles. The van der Waals surface area contributed by atoms with Crippen molar-refractivity contribution in [3.63, 3.8) is 0 Å². The number of nitrogens with one attached hydrogen (secondary N) is 3. The molecule has 37 heavy (non-hydrogen) atoms. The maximum absolute atomic E-state index is 15.4. The zero-order valence-electron chi connectivity index (χ0n) is 21.3. The first kappa shape index (κ1) is 23.5. The summed E-state index contributed by atoms with van der Waals surface area (Å²) in [5.74, 6) is -0.328. The second-order valence-corrected chi connectivity index (χ2v) is 10.1. The summed E-state index contributed by atoms with van der Waals surface area (Å²) in [5.41, 5.74) is 7.96. The van der Waals surface area contributed by atoms with Crippen molar-refractivity contribution >= 4 is 22.3 Å². The van der Waals surface area contributed by atoms with Gasteiger partial charge in [-0.3, -0.25) is 5.10 Å². The van der Waals surface area contributed by atoms with Crippen LogP contribution in [0.5, 0.6) is 0 Å². The first-order valence-corrected chi connectivity index (χ1v) is 12.7. The number of hydrogen-bond acceptors (Lipinski definition) is 6. The summed E-state index contributed by atoms with van der Waals surface area (Å²) in [4.78, 5) is 4.88. The molecule has 1 aromatic heterocycles. The number of hydrogen-bond donors (Lipinski definition) is 3. The normalized spacial score (nSPS) is 17.3. The van der Waals surface area contributed by atoms with Crippen molar-refractivity contribution in [1.29, 1.82) is 5.26 Å². The van der Waals surface area contributed by atoms with E-state index in [9.17, 15) is 5.26 Å². The third kappa shape index (κ3) is 4.01. The van der Waals surface area contributed by atoms with E-state index in [2.05, 4.69) is 61.9 Å². The molecule has 2 aliphatic rings. The molecule has 4 aromatic rings. The van der Waals surface area contributed by atoms with Crippen LogP contribution in [-0.4, -0.2) is 61.4 Å². The molecule has 0 amide bonds. The average Bonchev–Trinajstić information content (AvgIpc) is 3.30. The molecule has 0 saturated carbocycles. The highest BCUT2D eigenvalue weighted by Gasteiger charge is 2.30.